The highest BCUT2D eigenvalue weighted by Crippen LogP contribution is 2.47. The lowest BCUT2D eigenvalue weighted by Gasteiger charge is -2.28. The number of ether oxygens (including phenoxy) is 3. The Morgan fingerprint density at radius 1 is 1.16 bits per heavy atom. The van der Waals surface area contributed by atoms with Crippen LogP contribution < -0.4 is 19.5 Å². The van der Waals surface area contributed by atoms with Gasteiger partial charge in [-0.15, -0.1) is 0 Å². The Labute approximate surface area is 296 Å². The molecule has 5 unspecified atom stereocenters. The van der Waals surface area contributed by atoms with Crippen molar-refractivity contribution in [2.24, 2.45) is 5.92 Å². The predicted molar refractivity (Wildman–Crippen MR) is 187 cm³/mol. The Morgan fingerprint density at radius 2 is 1.96 bits per heavy atom. The van der Waals surface area contributed by atoms with E-state index in [4.69, 9.17) is 19.2 Å². The van der Waals surface area contributed by atoms with Crippen molar-refractivity contribution in [2.45, 2.75) is 94.3 Å². The number of nitrogens with zero attached hydrogens (tertiary/aromatic N) is 4. The van der Waals surface area contributed by atoms with Crippen LogP contribution in [0.25, 0.3) is 16.7 Å². The number of carbonyl (C=O) groups excluding carboxylic acids is 3. The number of aryl methyl sites for hydroxylation is 1. The molecule has 3 amide bonds. The summed E-state index contributed by atoms with van der Waals surface area (Å²) in [6, 6.07) is 8.07. The SMILES string of the molecule is COc1ccc2c(OC3CC4C(=O)NC5(C(=O)NS(=O)(=O)C6(C)CC6)CC5C=CCCCCOC(C)C(=O)N4C3)cc(-n3ccc(C)n3)nc2c1. The van der Waals surface area contributed by atoms with E-state index in [1.807, 2.05) is 31.2 Å². The molecule has 15 heteroatoms. The molecule has 3 fully saturated rings. The summed E-state index contributed by atoms with van der Waals surface area (Å²) in [6.45, 7) is 5.60. The van der Waals surface area contributed by atoms with Gasteiger partial charge in [0.05, 0.1) is 29.6 Å². The molecule has 4 aliphatic rings. The van der Waals surface area contributed by atoms with E-state index in [9.17, 15) is 22.8 Å². The number of benzene rings is 1. The number of carbonyl (C=O) groups is 3. The van der Waals surface area contributed by atoms with Gasteiger partial charge >= 0.3 is 0 Å². The summed E-state index contributed by atoms with van der Waals surface area (Å²) in [5, 5.41) is 8.11. The summed E-state index contributed by atoms with van der Waals surface area (Å²) >= 11 is 0. The number of hydrogen-bond acceptors (Lipinski definition) is 10. The van der Waals surface area contributed by atoms with E-state index in [1.54, 1.807) is 50.0 Å². The van der Waals surface area contributed by atoms with Crippen molar-refractivity contribution in [3.05, 3.63) is 54.4 Å². The average molecular weight is 721 g/mol. The van der Waals surface area contributed by atoms with Crippen molar-refractivity contribution in [1.29, 1.82) is 0 Å². The molecular formula is C36H44N6O8S. The second-order valence-corrected chi connectivity index (χ2v) is 16.5. The molecule has 1 aromatic carbocycles. The molecule has 14 nitrogen and oxygen atoms in total. The molecule has 2 aromatic heterocycles. The van der Waals surface area contributed by atoms with Crippen LogP contribution in [0.4, 0.5) is 0 Å². The highest BCUT2D eigenvalue weighted by molar-refractivity contribution is 7.91. The summed E-state index contributed by atoms with van der Waals surface area (Å²) in [7, 11) is -2.37. The van der Waals surface area contributed by atoms with Gasteiger partial charge in [-0.3, -0.25) is 19.1 Å². The number of aromatic nitrogens is 3. The van der Waals surface area contributed by atoms with Crippen molar-refractivity contribution >= 4 is 38.6 Å². The van der Waals surface area contributed by atoms with Crippen LogP contribution in [0.3, 0.4) is 0 Å². The maximum atomic E-state index is 14.2. The highest BCUT2D eigenvalue weighted by atomic mass is 32.2. The lowest BCUT2D eigenvalue weighted by Crippen LogP contribution is -2.57. The third kappa shape index (κ3) is 6.80. The summed E-state index contributed by atoms with van der Waals surface area (Å²) in [5.74, 6) is -0.482. The number of allylic oxidation sites excluding steroid dienone is 1. The Kier molecular flexibility index (Phi) is 9.07. The van der Waals surface area contributed by atoms with E-state index in [0.717, 1.165) is 25.0 Å². The number of sulfonamides is 1. The molecule has 2 aliphatic carbocycles. The fourth-order valence-corrected chi connectivity index (χ4v) is 8.17. The number of hydrogen-bond donors (Lipinski definition) is 2. The molecule has 2 saturated carbocycles. The van der Waals surface area contributed by atoms with E-state index < -0.39 is 56.3 Å². The van der Waals surface area contributed by atoms with Crippen molar-refractivity contribution in [3.63, 3.8) is 0 Å². The number of rotatable bonds is 7. The van der Waals surface area contributed by atoms with E-state index in [-0.39, 0.29) is 25.3 Å². The summed E-state index contributed by atoms with van der Waals surface area (Å²) in [6.07, 6.45) is 7.72. The van der Waals surface area contributed by atoms with E-state index in [2.05, 4.69) is 15.1 Å². The zero-order chi connectivity index (χ0) is 36.1. The van der Waals surface area contributed by atoms with Crippen molar-refractivity contribution in [2.75, 3.05) is 20.3 Å². The van der Waals surface area contributed by atoms with Gasteiger partial charge in [0.15, 0.2) is 5.82 Å². The molecule has 1 saturated heterocycles. The van der Waals surface area contributed by atoms with Gasteiger partial charge in [0.2, 0.25) is 15.9 Å². The zero-order valence-electron chi connectivity index (χ0n) is 29.3. The summed E-state index contributed by atoms with van der Waals surface area (Å²) < 4.78 is 47.0. The molecule has 3 aromatic rings. The molecule has 5 atom stereocenters. The minimum atomic E-state index is -3.95. The van der Waals surface area contributed by atoms with Crippen LogP contribution in [0.15, 0.2) is 48.7 Å². The third-order valence-electron chi connectivity index (χ3n) is 10.5. The Hall–Kier alpha value is -4.50. The standard InChI is InChI=1S/C36H44N6O8S/c1-22-12-15-42(39-22)31-19-30(27-11-10-25(48-4)17-28(27)37-31)50-26-18-29-32(43)38-36(34(45)40-51(46,47)35(3)13-14-35)20-24(36)9-7-5-6-8-16-49-23(2)33(44)41(29)21-26/h7,9-12,15,17,19,23-24,26,29H,5-6,8,13-14,16,18,20-21H2,1-4H3,(H,38,43)(H,40,45). The largest absolute Gasteiger partial charge is 0.497 e. The topological polar surface area (TPSA) is 171 Å². The first-order valence-corrected chi connectivity index (χ1v) is 19.0. The van der Waals surface area contributed by atoms with E-state index in [1.165, 1.54) is 4.90 Å². The van der Waals surface area contributed by atoms with Crippen molar-refractivity contribution in [3.8, 4) is 17.3 Å². The third-order valence-corrected chi connectivity index (χ3v) is 12.7. The van der Waals surface area contributed by atoms with E-state index >= 15 is 0 Å². The van der Waals surface area contributed by atoms with Crippen LogP contribution >= 0.6 is 0 Å². The van der Waals surface area contributed by atoms with Crippen LogP contribution in [0.1, 0.15) is 64.5 Å². The Morgan fingerprint density at radius 3 is 2.69 bits per heavy atom. The first kappa shape index (κ1) is 34.9. The molecule has 4 heterocycles. The maximum Gasteiger partial charge on any atom is 0.259 e. The summed E-state index contributed by atoms with van der Waals surface area (Å²) in [4.78, 5) is 48.1. The summed E-state index contributed by atoms with van der Waals surface area (Å²) in [5.41, 5.74) is -0.0428. The van der Waals surface area contributed by atoms with Crippen molar-refractivity contribution in [1.82, 2.24) is 29.7 Å². The molecular weight excluding hydrogens is 676 g/mol. The van der Waals surface area contributed by atoms with Gasteiger partial charge in [-0.25, -0.2) is 18.1 Å². The fraction of sp³-hybridized carbons (Fsp3) is 0.528. The normalized spacial score (nSPS) is 27.8. The van der Waals surface area contributed by atoms with Gasteiger partial charge in [0, 0.05) is 42.7 Å². The first-order valence-electron chi connectivity index (χ1n) is 17.5. The van der Waals surface area contributed by atoms with E-state index in [0.29, 0.717) is 47.7 Å². The van der Waals surface area contributed by atoms with Crippen LogP contribution in [0.5, 0.6) is 11.5 Å². The first-order chi connectivity index (χ1) is 24.3. The molecule has 272 valence electrons. The highest BCUT2D eigenvalue weighted by Gasteiger charge is 2.63. The van der Waals surface area contributed by atoms with Gasteiger partial charge < -0.3 is 24.4 Å². The molecule has 7 rings (SSSR count). The number of amides is 3. The lowest BCUT2D eigenvalue weighted by atomic mass is 10.1. The quantitative estimate of drug-likeness (QED) is 0.346. The van der Waals surface area contributed by atoms with Crippen LogP contribution in [-0.2, 0) is 29.1 Å². The lowest BCUT2D eigenvalue weighted by molar-refractivity contribution is -0.147. The predicted octanol–water partition coefficient (Wildman–Crippen LogP) is 3.10. The van der Waals surface area contributed by atoms with Gasteiger partial charge in [0.1, 0.15) is 35.3 Å². The smallest absolute Gasteiger partial charge is 0.259 e. The maximum absolute atomic E-state index is 14.2. The molecule has 2 N–H and O–H groups in total. The Bertz CT molecular complexity index is 2010. The van der Waals surface area contributed by atoms with Crippen LogP contribution in [0, 0.1) is 12.8 Å². The molecule has 0 radical (unpaired) electrons. The number of fused-ring (bicyclic) bond motifs is 3. The zero-order valence-corrected chi connectivity index (χ0v) is 30.1. The molecule has 0 spiro atoms. The second-order valence-electron chi connectivity index (χ2n) is 14.3. The van der Waals surface area contributed by atoms with Gasteiger partial charge in [-0.1, -0.05) is 12.2 Å². The van der Waals surface area contributed by atoms with Gasteiger partial charge in [0.25, 0.3) is 11.8 Å². The average Bonchev–Trinajstić information content (AvgIpc) is 3.90. The van der Waals surface area contributed by atoms with Crippen LogP contribution in [0.2, 0.25) is 0 Å². The number of nitrogens with one attached hydrogen (secondary N) is 2. The molecule has 2 aliphatic heterocycles. The van der Waals surface area contributed by atoms with Gasteiger partial charge in [-0.05, 0) is 77.5 Å². The molecule has 0 bridgehead atoms. The number of pyridine rings is 1. The number of methoxy groups -OCH3 is 1. The fourth-order valence-electron chi connectivity index (χ4n) is 6.86. The minimum absolute atomic E-state index is 0.0794. The Balaban J connectivity index is 1.19. The van der Waals surface area contributed by atoms with Gasteiger partial charge in [-0.2, -0.15) is 5.10 Å². The second kappa shape index (κ2) is 13.2. The van der Waals surface area contributed by atoms with Crippen LogP contribution in [-0.4, -0.2) is 94.6 Å². The van der Waals surface area contributed by atoms with Crippen molar-refractivity contribution < 1.29 is 37.0 Å². The minimum Gasteiger partial charge on any atom is -0.497 e. The molecule has 51 heavy (non-hydrogen) atoms. The monoisotopic (exact) mass is 720 g/mol.